The molecule has 158 valence electrons. The average Bonchev–Trinajstić information content (AvgIpc) is 3.40. The summed E-state index contributed by atoms with van der Waals surface area (Å²) in [5.41, 5.74) is 0.419. The van der Waals surface area contributed by atoms with Gasteiger partial charge >= 0.3 is 0 Å². The van der Waals surface area contributed by atoms with Gasteiger partial charge in [0.05, 0.1) is 32.2 Å². The first-order chi connectivity index (χ1) is 14.6. The number of aliphatic hydroxyl groups excluding tert-OH is 1. The highest BCUT2D eigenvalue weighted by Crippen LogP contribution is 2.39. The third-order valence-electron chi connectivity index (χ3n) is 5.46. The summed E-state index contributed by atoms with van der Waals surface area (Å²) in [4.78, 5) is 29.5. The molecule has 1 aromatic heterocycles. The number of amides is 1. The van der Waals surface area contributed by atoms with Gasteiger partial charge in [0.25, 0.3) is 11.7 Å². The monoisotopic (exact) mass is 412 g/mol. The maximum atomic E-state index is 12.9. The van der Waals surface area contributed by atoms with Gasteiger partial charge in [-0.2, -0.15) is 0 Å². The second kappa shape index (κ2) is 8.73. The van der Waals surface area contributed by atoms with Gasteiger partial charge < -0.3 is 23.9 Å². The number of nitrogens with zero attached hydrogens (tertiary/aromatic N) is 2. The van der Waals surface area contributed by atoms with Crippen LogP contribution in [0.3, 0.4) is 0 Å². The Morgan fingerprint density at radius 2 is 1.97 bits per heavy atom. The lowest BCUT2D eigenvalue weighted by atomic mass is 9.99. The fourth-order valence-electron chi connectivity index (χ4n) is 3.85. The zero-order valence-corrected chi connectivity index (χ0v) is 16.7. The summed E-state index contributed by atoms with van der Waals surface area (Å²) < 4.78 is 16.1. The number of furan rings is 1. The first kappa shape index (κ1) is 20.2. The van der Waals surface area contributed by atoms with E-state index in [9.17, 15) is 14.7 Å². The van der Waals surface area contributed by atoms with Crippen LogP contribution in [0.2, 0.25) is 0 Å². The second-order valence-electron chi connectivity index (χ2n) is 7.19. The van der Waals surface area contributed by atoms with E-state index in [0.29, 0.717) is 43.4 Å². The fourth-order valence-corrected chi connectivity index (χ4v) is 3.85. The molecule has 4 rings (SSSR count). The van der Waals surface area contributed by atoms with E-state index >= 15 is 0 Å². The van der Waals surface area contributed by atoms with Crippen molar-refractivity contribution >= 4 is 17.4 Å². The van der Waals surface area contributed by atoms with Crippen molar-refractivity contribution in [2.45, 2.75) is 6.04 Å². The van der Waals surface area contributed by atoms with Gasteiger partial charge in [-0.3, -0.25) is 14.5 Å². The van der Waals surface area contributed by atoms with Gasteiger partial charge in [-0.05, 0) is 24.3 Å². The number of morpholine rings is 1. The molecule has 1 N–H and O–H groups in total. The Labute approximate surface area is 174 Å². The van der Waals surface area contributed by atoms with Gasteiger partial charge in [-0.1, -0.05) is 12.1 Å². The van der Waals surface area contributed by atoms with Crippen LogP contribution in [0.15, 0.2) is 52.7 Å². The summed E-state index contributed by atoms with van der Waals surface area (Å²) >= 11 is 0. The number of hydrogen-bond acceptors (Lipinski definition) is 7. The Morgan fingerprint density at radius 3 is 2.67 bits per heavy atom. The zero-order chi connectivity index (χ0) is 21.1. The van der Waals surface area contributed by atoms with Crippen molar-refractivity contribution in [3.8, 4) is 5.75 Å². The lowest BCUT2D eigenvalue weighted by molar-refractivity contribution is -0.140. The number of rotatable bonds is 6. The number of carbonyl (C=O) groups excluding carboxylic acids is 2. The molecule has 2 aliphatic heterocycles. The molecule has 2 saturated heterocycles. The number of ether oxygens (including phenoxy) is 2. The van der Waals surface area contributed by atoms with E-state index in [0.717, 1.165) is 13.1 Å². The first-order valence-corrected chi connectivity index (χ1v) is 9.86. The molecular formula is C22H24N2O6. The molecule has 30 heavy (non-hydrogen) atoms. The third kappa shape index (κ3) is 3.83. The van der Waals surface area contributed by atoms with E-state index in [4.69, 9.17) is 13.9 Å². The number of aliphatic hydroxyl groups is 1. The molecule has 1 atom stereocenters. The number of hydrogen-bond donors (Lipinski definition) is 1. The molecule has 3 heterocycles. The number of carbonyl (C=O) groups is 2. The zero-order valence-electron chi connectivity index (χ0n) is 16.7. The second-order valence-corrected chi connectivity index (χ2v) is 7.19. The van der Waals surface area contributed by atoms with Crippen LogP contribution < -0.4 is 4.74 Å². The largest absolute Gasteiger partial charge is 0.507 e. The molecule has 2 aliphatic rings. The molecule has 0 saturated carbocycles. The van der Waals surface area contributed by atoms with Gasteiger partial charge in [0.1, 0.15) is 23.3 Å². The fraction of sp³-hybridized carbons (Fsp3) is 0.364. The molecule has 8 heteroatoms. The highest BCUT2D eigenvalue weighted by Gasteiger charge is 2.47. The lowest BCUT2D eigenvalue weighted by Crippen LogP contribution is -2.42. The molecule has 0 spiro atoms. The number of ketones is 1. The summed E-state index contributed by atoms with van der Waals surface area (Å²) in [6, 6.07) is 9.35. The van der Waals surface area contributed by atoms with Crippen LogP contribution in [0.25, 0.3) is 5.76 Å². The van der Waals surface area contributed by atoms with E-state index in [1.165, 1.54) is 18.3 Å². The maximum absolute atomic E-state index is 12.9. The Hall–Kier alpha value is -3.10. The normalized spacial score (nSPS) is 21.9. The van der Waals surface area contributed by atoms with Gasteiger partial charge in [0, 0.05) is 31.7 Å². The molecule has 1 amide bonds. The predicted octanol–water partition coefficient (Wildman–Crippen LogP) is 2.04. The number of Topliss-reactive ketones (excluding diaryl/α,β-unsaturated/α-hetero) is 1. The van der Waals surface area contributed by atoms with Gasteiger partial charge in [-0.15, -0.1) is 0 Å². The Morgan fingerprint density at radius 1 is 1.17 bits per heavy atom. The minimum Gasteiger partial charge on any atom is -0.507 e. The van der Waals surface area contributed by atoms with E-state index in [-0.39, 0.29) is 11.3 Å². The summed E-state index contributed by atoms with van der Waals surface area (Å²) in [6.45, 7) is 3.79. The summed E-state index contributed by atoms with van der Waals surface area (Å²) in [5.74, 6) is -0.647. The predicted molar refractivity (Wildman–Crippen MR) is 108 cm³/mol. The van der Waals surface area contributed by atoms with E-state index in [1.54, 1.807) is 36.4 Å². The standard InChI is InChI=1S/C22H24N2O6/c1-28-16-5-2-4-15(14-16)20(25)18-19(17-6-3-11-30-17)24(22(27)21(18)26)8-7-23-9-12-29-13-10-23/h2-6,11,14,19,25H,7-10,12-13H2,1H3/b20-18+. The Kier molecular flexibility index (Phi) is 5.87. The van der Waals surface area contributed by atoms with Gasteiger partial charge in [0.2, 0.25) is 0 Å². The van der Waals surface area contributed by atoms with Crippen LogP contribution in [0.5, 0.6) is 5.75 Å². The van der Waals surface area contributed by atoms with Crippen molar-refractivity contribution in [3.63, 3.8) is 0 Å². The number of methoxy groups -OCH3 is 1. The van der Waals surface area contributed by atoms with Crippen molar-refractivity contribution < 1.29 is 28.6 Å². The van der Waals surface area contributed by atoms with Crippen LogP contribution in [0, 0.1) is 0 Å². The molecule has 2 aromatic rings. The molecule has 0 aliphatic carbocycles. The van der Waals surface area contributed by atoms with E-state index in [1.807, 2.05) is 0 Å². The SMILES string of the molecule is COc1cccc(/C(O)=C2\C(=O)C(=O)N(CCN3CCOCC3)C2c2ccco2)c1. The summed E-state index contributed by atoms with van der Waals surface area (Å²) in [6.07, 6.45) is 1.49. The molecule has 2 fully saturated rings. The van der Waals surface area contributed by atoms with Crippen molar-refractivity contribution in [2.75, 3.05) is 46.5 Å². The quantitative estimate of drug-likeness (QED) is 0.441. The van der Waals surface area contributed by atoms with Gasteiger partial charge in [-0.25, -0.2) is 0 Å². The average molecular weight is 412 g/mol. The molecule has 1 aromatic carbocycles. The number of benzene rings is 1. The van der Waals surface area contributed by atoms with Crippen molar-refractivity contribution in [3.05, 3.63) is 59.6 Å². The van der Waals surface area contributed by atoms with Crippen molar-refractivity contribution in [1.29, 1.82) is 0 Å². The van der Waals surface area contributed by atoms with E-state index < -0.39 is 17.7 Å². The molecule has 0 bridgehead atoms. The first-order valence-electron chi connectivity index (χ1n) is 9.86. The molecule has 0 radical (unpaired) electrons. The van der Waals surface area contributed by atoms with Gasteiger partial charge in [0.15, 0.2) is 0 Å². The molecular weight excluding hydrogens is 388 g/mol. The topological polar surface area (TPSA) is 92.5 Å². The Balaban J connectivity index is 1.69. The maximum Gasteiger partial charge on any atom is 0.295 e. The summed E-state index contributed by atoms with van der Waals surface area (Å²) in [5, 5.41) is 11.0. The third-order valence-corrected chi connectivity index (χ3v) is 5.46. The van der Waals surface area contributed by atoms with Crippen LogP contribution in [-0.2, 0) is 14.3 Å². The summed E-state index contributed by atoms with van der Waals surface area (Å²) in [7, 11) is 1.52. The van der Waals surface area contributed by atoms with Crippen LogP contribution >= 0.6 is 0 Å². The minimum absolute atomic E-state index is 0.0187. The van der Waals surface area contributed by atoms with Crippen LogP contribution in [-0.4, -0.2) is 73.1 Å². The number of likely N-dealkylation sites (tertiary alicyclic amines) is 1. The molecule has 8 nitrogen and oxygen atoms in total. The smallest absolute Gasteiger partial charge is 0.295 e. The highest BCUT2D eigenvalue weighted by molar-refractivity contribution is 6.46. The van der Waals surface area contributed by atoms with Crippen molar-refractivity contribution in [1.82, 2.24) is 9.80 Å². The lowest BCUT2D eigenvalue weighted by Gasteiger charge is -2.30. The highest BCUT2D eigenvalue weighted by atomic mass is 16.5. The molecule has 1 unspecified atom stereocenters. The van der Waals surface area contributed by atoms with Crippen LogP contribution in [0.1, 0.15) is 17.4 Å². The van der Waals surface area contributed by atoms with E-state index in [2.05, 4.69) is 4.90 Å². The minimum atomic E-state index is -0.785. The Bertz CT molecular complexity index is 946. The van der Waals surface area contributed by atoms with Crippen molar-refractivity contribution in [2.24, 2.45) is 0 Å². The van der Waals surface area contributed by atoms with Crippen LogP contribution in [0.4, 0.5) is 0 Å².